The predicted molar refractivity (Wildman–Crippen MR) is 204 cm³/mol. The van der Waals surface area contributed by atoms with E-state index < -0.39 is 23.0 Å². The molecule has 2 amide bonds. The number of aromatic nitrogens is 3. The summed E-state index contributed by atoms with van der Waals surface area (Å²) < 4.78 is 23.6. The Morgan fingerprint density at radius 1 is 1.15 bits per heavy atom. The van der Waals surface area contributed by atoms with Crippen LogP contribution < -0.4 is 26.6 Å². The summed E-state index contributed by atoms with van der Waals surface area (Å²) >= 11 is 7.09. The average molecular weight is 745 g/mol. The molecule has 11 nitrogen and oxygen atoms in total. The maximum Gasteiger partial charge on any atom is 0.330 e. The van der Waals surface area contributed by atoms with E-state index in [0.717, 1.165) is 65.5 Å². The van der Waals surface area contributed by atoms with E-state index in [4.69, 9.17) is 21.3 Å². The first-order valence-electron chi connectivity index (χ1n) is 18.0. The molecule has 280 valence electrons. The van der Waals surface area contributed by atoms with Crippen LogP contribution in [0.5, 0.6) is 5.88 Å². The molecule has 2 aliphatic rings. The third-order valence-corrected chi connectivity index (χ3v) is 11.6. The van der Waals surface area contributed by atoms with E-state index in [1.54, 1.807) is 26.2 Å². The summed E-state index contributed by atoms with van der Waals surface area (Å²) in [5.74, 6) is -0.705. The van der Waals surface area contributed by atoms with Gasteiger partial charge in [-0.15, -0.1) is 0 Å². The minimum absolute atomic E-state index is 0.0342. The van der Waals surface area contributed by atoms with Crippen LogP contribution in [0.25, 0.3) is 22.4 Å². The predicted octanol–water partition coefficient (Wildman–Crippen LogP) is 6.18. The van der Waals surface area contributed by atoms with Gasteiger partial charge in [0, 0.05) is 73.3 Å². The first-order valence-corrected chi connectivity index (χ1v) is 18.4. The second-order valence-corrected chi connectivity index (χ2v) is 14.7. The minimum atomic E-state index is -0.745. The number of likely N-dealkylation sites (tertiary alicyclic amines) is 1. The van der Waals surface area contributed by atoms with Crippen LogP contribution in [0.2, 0.25) is 5.02 Å². The average Bonchev–Trinajstić information content (AvgIpc) is 3.78. The number of halogens is 2. The second kappa shape index (κ2) is 14.9. The van der Waals surface area contributed by atoms with Crippen molar-refractivity contribution in [2.45, 2.75) is 71.4 Å². The lowest BCUT2D eigenvalue weighted by atomic mass is 9.93. The molecular formula is C40H46ClFN6O5. The number of rotatable bonds is 10. The maximum atomic E-state index is 15.7. The molecule has 1 saturated heterocycles. The van der Waals surface area contributed by atoms with Gasteiger partial charge >= 0.3 is 5.69 Å². The first-order chi connectivity index (χ1) is 25.2. The monoisotopic (exact) mass is 744 g/mol. The van der Waals surface area contributed by atoms with E-state index >= 15 is 4.39 Å². The van der Waals surface area contributed by atoms with E-state index in [-0.39, 0.29) is 45.2 Å². The zero-order chi connectivity index (χ0) is 38.4. The lowest BCUT2D eigenvalue weighted by Crippen LogP contribution is -2.51. The van der Waals surface area contributed by atoms with Gasteiger partial charge in [-0.1, -0.05) is 50.6 Å². The highest BCUT2D eigenvalue weighted by atomic mass is 35.5. The highest BCUT2D eigenvalue weighted by Crippen LogP contribution is 2.46. The summed E-state index contributed by atoms with van der Waals surface area (Å²) in [7, 11) is 4.35. The number of carbonyl (C=O) groups is 2. The van der Waals surface area contributed by atoms with Crippen molar-refractivity contribution >= 4 is 29.1 Å². The zero-order valence-electron chi connectivity index (χ0n) is 31.2. The van der Waals surface area contributed by atoms with E-state index in [2.05, 4.69) is 22.5 Å². The Hall–Kier alpha value is -4.81. The summed E-state index contributed by atoms with van der Waals surface area (Å²) in [6, 6.07) is 10.1. The summed E-state index contributed by atoms with van der Waals surface area (Å²) in [6.07, 6.45) is 5.40. The normalized spacial score (nSPS) is 18.8. The van der Waals surface area contributed by atoms with Crippen molar-refractivity contribution < 1.29 is 18.7 Å². The van der Waals surface area contributed by atoms with Gasteiger partial charge in [0.1, 0.15) is 11.4 Å². The molecule has 4 aromatic rings. The number of anilines is 1. The van der Waals surface area contributed by atoms with E-state index in [1.807, 2.05) is 26.0 Å². The standard InChI is InChI=1S/C40H46ClFN6O5/c1-8-22(3)35(49)45-40(9-2)17-18-48(21-40)31-16-13-24-19-30(44-37(53-7)33(24)31)25-11-10-12-26(34(25)41)32-23(4)29(15-14-28(32)42)43-36(50)27-20-46(5)39(52)47(6)38(27)51/h10-12,14-15,19-20,22,31H,8-9,13,16-18,21H2,1-7H3,(H,43,50)(H,45,49). The smallest absolute Gasteiger partial charge is 0.330 e. The Morgan fingerprint density at radius 2 is 1.89 bits per heavy atom. The van der Waals surface area contributed by atoms with Gasteiger partial charge in [0.25, 0.3) is 11.5 Å². The summed E-state index contributed by atoms with van der Waals surface area (Å²) in [5, 5.41) is 6.36. The van der Waals surface area contributed by atoms with Crippen molar-refractivity contribution in [3.8, 4) is 28.3 Å². The van der Waals surface area contributed by atoms with Crippen LogP contribution in [-0.4, -0.2) is 56.6 Å². The number of nitrogens with one attached hydrogen (secondary N) is 2. The molecule has 1 aliphatic carbocycles. The summed E-state index contributed by atoms with van der Waals surface area (Å²) in [6.45, 7) is 9.39. The molecule has 2 aromatic carbocycles. The van der Waals surface area contributed by atoms with Gasteiger partial charge < -0.3 is 19.9 Å². The van der Waals surface area contributed by atoms with Crippen molar-refractivity contribution in [1.82, 2.24) is 24.3 Å². The van der Waals surface area contributed by atoms with Crippen LogP contribution in [0.3, 0.4) is 0 Å². The third kappa shape index (κ3) is 6.90. The number of carbonyl (C=O) groups excluding carboxylic acids is 2. The number of pyridine rings is 1. The van der Waals surface area contributed by atoms with Crippen molar-refractivity contribution in [1.29, 1.82) is 0 Å². The van der Waals surface area contributed by atoms with Crippen LogP contribution in [0.15, 0.2) is 52.2 Å². The Bertz CT molecular complexity index is 2230. The number of benzene rings is 2. The van der Waals surface area contributed by atoms with Gasteiger partial charge in [-0.25, -0.2) is 14.2 Å². The van der Waals surface area contributed by atoms with Gasteiger partial charge in [-0.2, -0.15) is 0 Å². The quantitative estimate of drug-likeness (QED) is 0.199. The molecule has 3 unspecified atom stereocenters. The Labute approximate surface area is 313 Å². The van der Waals surface area contributed by atoms with Gasteiger partial charge in [-0.05, 0) is 68.4 Å². The summed E-state index contributed by atoms with van der Waals surface area (Å²) in [4.78, 5) is 58.4. The molecule has 1 aliphatic heterocycles. The van der Waals surface area contributed by atoms with E-state index in [0.29, 0.717) is 28.3 Å². The SMILES string of the molecule is CCC(C)C(=O)NC1(CC)CCN(C2CCc3cc(-c4cccc(-c5c(F)ccc(NC(=O)c6cn(C)c(=O)n(C)c6=O)c5C)c4Cl)nc(OC)c32)C1. The molecular weight excluding hydrogens is 699 g/mol. The summed E-state index contributed by atoms with van der Waals surface area (Å²) in [5.41, 5.74) is 2.78. The molecule has 0 spiro atoms. The fraction of sp³-hybridized carbons (Fsp3) is 0.425. The molecule has 0 saturated carbocycles. The zero-order valence-corrected chi connectivity index (χ0v) is 32.0. The highest BCUT2D eigenvalue weighted by Gasteiger charge is 2.43. The van der Waals surface area contributed by atoms with E-state index in [9.17, 15) is 19.2 Å². The fourth-order valence-corrected chi connectivity index (χ4v) is 8.00. The number of hydrogen-bond acceptors (Lipinski definition) is 7. The van der Waals surface area contributed by atoms with Crippen LogP contribution in [0, 0.1) is 18.7 Å². The third-order valence-electron chi connectivity index (χ3n) is 11.2. The Balaban J connectivity index is 1.31. The Kier molecular flexibility index (Phi) is 10.7. The van der Waals surface area contributed by atoms with E-state index in [1.165, 1.54) is 32.4 Å². The van der Waals surface area contributed by atoms with Crippen molar-refractivity contribution in [2.24, 2.45) is 20.0 Å². The fourth-order valence-electron chi connectivity index (χ4n) is 7.68. The molecule has 0 radical (unpaired) electrons. The number of aryl methyl sites for hydroxylation is 2. The van der Waals surface area contributed by atoms with Gasteiger partial charge in [0.2, 0.25) is 11.8 Å². The van der Waals surface area contributed by atoms with Crippen LogP contribution in [0.4, 0.5) is 10.1 Å². The van der Waals surface area contributed by atoms with Crippen LogP contribution in [0.1, 0.15) is 79.5 Å². The van der Waals surface area contributed by atoms with Gasteiger partial charge in [0.15, 0.2) is 0 Å². The molecule has 3 heterocycles. The largest absolute Gasteiger partial charge is 0.481 e. The molecule has 6 rings (SSSR count). The minimum Gasteiger partial charge on any atom is -0.481 e. The molecule has 2 N–H and O–H groups in total. The number of methoxy groups -OCH3 is 1. The lowest BCUT2D eigenvalue weighted by molar-refractivity contribution is -0.126. The van der Waals surface area contributed by atoms with Gasteiger partial charge in [0.05, 0.1) is 23.4 Å². The molecule has 0 bridgehead atoms. The topological polar surface area (TPSA) is 128 Å². The van der Waals surface area contributed by atoms with Gasteiger partial charge in [-0.3, -0.25) is 23.9 Å². The van der Waals surface area contributed by atoms with Crippen LogP contribution >= 0.6 is 11.6 Å². The number of hydrogen-bond donors (Lipinski definition) is 2. The Morgan fingerprint density at radius 3 is 2.58 bits per heavy atom. The van der Waals surface area contributed by atoms with Crippen molar-refractivity contribution in [3.05, 3.63) is 96.5 Å². The molecule has 53 heavy (non-hydrogen) atoms. The number of amides is 2. The first kappa shape index (κ1) is 37.9. The lowest BCUT2D eigenvalue weighted by Gasteiger charge is -2.32. The number of ether oxygens (including phenoxy) is 1. The molecule has 3 atom stereocenters. The molecule has 1 fully saturated rings. The number of nitrogens with zero attached hydrogens (tertiary/aromatic N) is 4. The number of fused-ring (bicyclic) bond motifs is 1. The van der Waals surface area contributed by atoms with Crippen LogP contribution in [-0.2, 0) is 25.3 Å². The van der Waals surface area contributed by atoms with Crippen molar-refractivity contribution in [2.75, 3.05) is 25.5 Å². The maximum absolute atomic E-state index is 15.7. The highest BCUT2D eigenvalue weighted by molar-refractivity contribution is 6.36. The second-order valence-electron chi connectivity index (χ2n) is 14.3. The molecule has 13 heteroatoms. The molecule has 2 aromatic heterocycles. The van der Waals surface area contributed by atoms with Crippen molar-refractivity contribution in [3.63, 3.8) is 0 Å².